The lowest BCUT2D eigenvalue weighted by atomic mass is 10.0. The topological polar surface area (TPSA) is 237 Å². The predicted octanol–water partition coefficient (Wildman–Crippen LogP) is 26.8. The first-order chi connectivity index (χ1) is 51.5. The molecule has 3 N–H and O–H groups in total. The second-order valence-electron chi connectivity index (χ2n) is 31.8. The van der Waals surface area contributed by atoms with E-state index in [0.717, 1.165) is 95.8 Å². The number of phosphoric ester groups is 2. The first-order valence-electron chi connectivity index (χ1n) is 45.1. The van der Waals surface area contributed by atoms with Crippen molar-refractivity contribution in [2.75, 3.05) is 39.6 Å². The van der Waals surface area contributed by atoms with Crippen molar-refractivity contribution in [3.63, 3.8) is 0 Å². The summed E-state index contributed by atoms with van der Waals surface area (Å²) in [7, 11) is -9.93. The van der Waals surface area contributed by atoms with E-state index in [-0.39, 0.29) is 25.7 Å². The van der Waals surface area contributed by atoms with Crippen LogP contribution >= 0.6 is 15.6 Å². The Morgan fingerprint density at radius 2 is 0.434 bits per heavy atom. The van der Waals surface area contributed by atoms with Crippen molar-refractivity contribution in [3.8, 4) is 0 Å². The first kappa shape index (κ1) is 104. The van der Waals surface area contributed by atoms with Crippen molar-refractivity contribution in [1.82, 2.24) is 0 Å². The third-order valence-electron chi connectivity index (χ3n) is 20.5. The Morgan fingerprint density at radius 3 is 0.642 bits per heavy atom. The highest BCUT2D eigenvalue weighted by molar-refractivity contribution is 7.47. The van der Waals surface area contributed by atoms with E-state index in [1.807, 2.05) is 0 Å². The van der Waals surface area contributed by atoms with Gasteiger partial charge < -0.3 is 33.8 Å². The van der Waals surface area contributed by atoms with Crippen LogP contribution in [0.25, 0.3) is 0 Å². The maximum atomic E-state index is 13.2. The van der Waals surface area contributed by atoms with Crippen LogP contribution in [-0.2, 0) is 65.4 Å². The normalized spacial score (nSPS) is 13.7. The van der Waals surface area contributed by atoms with Gasteiger partial charge in [0, 0.05) is 25.7 Å². The highest BCUT2D eigenvalue weighted by Gasteiger charge is 2.30. The minimum atomic E-state index is -4.97. The fraction of sp³-hybridized carbons (Fsp3) is 0.954. The average molecular weight is 1550 g/mol. The number of aliphatic hydroxyl groups excluding tert-OH is 1. The summed E-state index contributed by atoms with van der Waals surface area (Å²) < 4.78 is 68.9. The number of ether oxygens (including phenoxy) is 4. The van der Waals surface area contributed by atoms with Gasteiger partial charge in [0.05, 0.1) is 26.4 Å². The SMILES string of the molecule is CCCCCCCCCCCCCCCCCCCCCCCCC(=O)O[C@H](COC(=O)CCCCCCCCCCCCCCCCC(C)C)COP(=O)(O)OC[C@@H](O)COP(=O)(O)OC[C@@H](COC(=O)CCCCCCCCCCCCC)OC(=O)CCCCCCCCCCCCCCCCCC. The van der Waals surface area contributed by atoms with Crippen LogP contribution in [0.1, 0.15) is 471 Å². The van der Waals surface area contributed by atoms with Gasteiger partial charge in [0.2, 0.25) is 0 Å². The summed E-state index contributed by atoms with van der Waals surface area (Å²) in [6.07, 6.45) is 73.6. The molecular weight excluding hydrogens is 1380 g/mol. The van der Waals surface area contributed by atoms with Gasteiger partial charge in [0.15, 0.2) is 12.2 Å². The molecule has 0 amide bonds. The number of phosphoric acid groups is 2. The Bertz CT molecular complexity index is 2010. The quantitative estimate of drug-likeness (QED) is 0.0222. The zero-order valence-corrected chi connectivity index (χ0v) is 71.4. The van der Waals surface area contributed by atoms with E-state index in [9.17, 15) is 43.2 Å². The van der Waals surface area contributed by atoms with E-state index in [4.69, 9.17) is 37.0 Å². The van der Waals surface area contributed by atoms with Gasteiger partial charge in [-0.3, -0.25) is 37.3 Å². The molecule has 5 atom stereocenters. The van der Waals surface area contributed by atoms with Crippen molar-refractivity contribution in [1.29, 1.82) is 0 Å². The third-order valence-corrected chi connectivity index (χ3v) is 22.4. The lowest BCUT2D eigenvalue weighted by Crippen LogP contribution is -2.30. The molecule has 17 nitrogen and oxygen atoms in total. The van der Waals surface area contributed by atoms with Crippen LogP contribution in [0, 0.1) is 5.92 Å². The Labute approximate surface area is 651 Å². The molecule has 0 spiro atoms. The van der Waals surface area contributed by atoms with Gasteiger partial charge in [-0.05, 0) is 31.6 Å². The van der Waals surface area contributed by atoms with Crippen LogP contribution in [0.5, 0.6) is 0 Å². The molecule has 0 rings (SSSR count). The van der Waals surface area contributed by atoms with Crippen LogP contribution in [0.3, 0.4) is 0 Å². The van der Waals surface area contributed by atoms with Gasteiger partial charge in [-0.25, -0.2) is 9.13 Å². The van der Waals surface area contributed by atoms with Gasteiger partial charge in [-0.2, -0.15) is 0 Å². The Morgan fingerprint density at radius 1 is 0.255 bits per heavy atom. The molecule has 0 radical (unpaired) electrons. The summed E-state index contributed by atoms with van der Waals surface area (Å²) in [5.74, 6) is -1.30. The van der Waals surface area contributed by atoms with Crippen molar-refractivity contribution < 1.29 is 80.2 Å². The van der Waals surface area contributed by atoms with E-state index in [0.29, 0.717) is 25.7 Å². The molecule has 0 aromatic rings. The Hall–Kier alpha value is -1.94. The van der Waals surface area contributed by atoms with E-state index < -0.39 is 97.5 Å². The molecule has 630 valence electrons. The molecule has 0 saturated carbocycles. The van der Waals surface area contributed by atoms with Crippen LogP contribution in [0.4, 0.5) is 0 Å². The summed E-state index contributed by atoms with van der Waals surface area (Å²) in [6.45, 7) is 7.39. The summed E-state index contributed by atoms with van der Waals surface area (Å²) in [6, 6.07) is 0. The molecule has 2 unspecified atom stereocenters. The van der Waals surface area contributed by atoms with E-state index in [2.05, 4.69) is 34.6 Å². The van der Waals surface area contributed by atoms with E-state index in [1.54, 1.807) is 0 Å². The zero-order valence-electron chi connectivity index (χ0n) is 69.6. The fourth-order valence-electron chi connectivity index (χ4n) is 13.6. The zero-order chi connectivity index (χ0) is 77.6. The van der Waals surface area contributed by atoms with Crippen LogP contribution < -0.4 is 0 Å². The molecule has 0 bridgehead atoms. The van der Waals surface area contributed by atoms with Crippen molar-refractivity contribution >= 4 is 39.5 Å². The number of aliphatic hydroxyl groups is 1. The highest BCUT2D eigenvalue weighted by Crippen LogP contribution is 2.45. The summed E-state index contributed by atoms with van der Waals surface area (Å²) >= 11 is 0. The molecule has 0 aromatic heterocycles. The van der Waals surface area contributed by atoms with Gasteiger partial charge >= 0.3 is 39.5 Å². The van der Waals surface area contributed by atoms with Crippen LogP contribution in [0.15, 0.2) is 0 Å². The minimum absolute atomic E-state index is 0.109. The Balaban J connectivity index is 5.23. The van der Waals surface area contributed by atoms with Crippen molar-refractivity contribution in [2.24, 2.45) is 5.92 Å². The summed E-state index contributed by atoms with van der Waals surface area (Å²) in [5.41, 5.74) is 0. The number of esters is 4. The predicted molar refractivity (Wildman–Crippen MR) is 437 cm³/mol. The molecule has 106 heavy (non-hydrogen) atoms. The monoisotopic (exact) mass is 1550 g/mol. The van der Waals surface area contributed by atoms with Gasteiger partial charge in [0.25, 0.3) is 0 Å². The second-order valence-corrected chi connectivity index (χ2v) is 34.7. The lowest BCUT2D eigenvalue weighted by molar-refractivity contribution is -0.161. The molecule has 0 saturated heterocycles. The smallest absolute Gasteiger partial charge is 0.462 e. The molecule has 0 aliphatic rings. The first-order valence-corrected chi connectivity index (χ1v) is 48.1. The molecular formula is C87H170O17P2. The van der Waals surface area contributed by atoms with Crippen LogP contribution in [0.2, 0.25) is 0 Å². The fourth-order valence-corrected chi connectivity index (χ4v) is 15.2. The minimum Gasteiger partial charge on any atom is -0.462 e. The number of carbonyl (C=O) groups is 4. The molecule has 0 heterocycles. The van der Waals surface area contributed by atoms with E-state index >= 15 is 0 Å². The van der Waals surface area contributed by atoms with E-state index in [1.165, 1.54) is 295 Å². The average Bonchev–Trinajstić information content (AvgIpc) is 0.903. The molecule has 0 aliphatic heterocycles. The molecule has 0 aromatic carbocycles. The number of unbranched alkanes of at least 4 members (excludes halogenated alkanes) is 59. The van der Waals surface area contributed by atoms with Crippen LogP contribution in [-0.4, -0.2) is 96.7 Å². The van der Waals surface area contributed by atoms with Crippen molar-refractivity contribution in [3.05, 3.63) is 0 Å². The van der Waals surface area contributed by atoms with Gasteiger partial charge in [-0.15, -0.1) is 0 Å². The maximum Gasteiger partial charge on any atom is 0.472 e. The maximum absolute atomic E-state index is 13.2. The largest absolute Gasteiger partial charge is 0.472 e. The number of hydrogen-bond donors (Lipinski definition) is 3. The highest BCUT2D eigenvalue weighted by atomic mass is 31.2. The third kappa shape index (κ3) is 80.1. The number of carbonyl (C=O) groups excluding carboxylic acids is 4. The lowest BCUT2D eigenvalue weighted by Gasteiger charge is -2.21. The van der Waals surface area contributed by atoms with Gasteiger partial charge in [-0.1, -0.05) is 420 Å². The Kier molecular flexibility index (Phi) is 78.2. The molecule has 19 heteroatoms. The standard InChI is InChI=1S/C87H170O17P2/c1-6-9-12-15-18-21-24-26-28-30-31-32-33-34-35-37-43-48-53-58-63-68-73-87(92)104-83(77-98-85(90)71-66-61-56-51-46-41-39-38-40-45-49-54-59-64-69-80(4)5)79-102-106(95,96)100-75-81(88)74-99-105(93,94)101-78-82(76-97-84(89)70-65-60-55-50-44-23-20-17-14-11-8-3)103-86(91)72-67-62-57-52-47-42-36-29-27-25-22-19-16-13-10-7-2/h80-83,88H,6-79H2,1-5H3,(H,93,94)(H,95,96)/t81-,82+,83+/m0/s1. The molecule has 0 fully saturated rings. The van der Waals surface area contributed by atoms with Crippen molar-refractivity contribution in [2.45, 2.75) is 490 Å². The summed E-state index contributed by atoms with van der Waals surface area (Å²) in [5, 5.41) is 10.7. The van der Waals surface area contributed by atoms with Gasteiger partial charge in [0.1, 0.15) is 19.3 Å². The molecule has 0 aliphatic carbocycles. The second kappa shape index (κ2) is 79.7. The number of hydrogen-bond acceptors (Lipinski definition) is 15. The number of rotatable bonds is 87. The summed E-state index contributed by atoms with van der Waals surface area (Å²) in [4.78, 5) is 73.3.